The van der Waals surface area contributed by atoms with E-state index in [0.717, 1.165) is 51.6 Å². The first kappa shape index (κ1) is 55.2. The van der Waals surface area contributed by atoms with Gasteiger partial charge in [-0.15, -0.1) is 0 Å². The van der Waals surface area contributed by atoms with Crippen LogP contribution in [0.25, 0.3) is 0 Å². The maximum absolute atomic E-state index is 12.3. The van der Waals surface area contributed by atoms with Gasteiger partial charge in [0.15, 0.2) is 30.9 Å². The lowest BCUT2D eigenvalue weighted by atomic mass is 9.47. The second-order valence-electron chi connectivity index (χ2n) is 23.9. The van der Waals surface area contributed by atoms with E-state index in [4.69, 9.17) is 47.4 Å². The Balaban J connectivity index is 0.857. The van der Waals surface area contributed by atoms with Crippen LogP contribution in [0.5, 0.6) is 0 Å². The van der Waals surface area contributed by atoms with Gasteiger partial charge in [0.05, 0.1) is 44.7 Å². The Bertz CT molecular complexity index is 1920. The van der Waals surface area contributed by atoms with Gasteiger partial charge in [0.1, 0.15) is 91.6 Å². The Labute approximate surface area is 425 Å². The predicted molar refractivity (Wildman–Crippen MR) is 247 cm³/mol. The summed E-state index contributed by atoms with van der Waals surface area (Å²) in [6.45, 7) is 9.28. The topological polar surface area (TPSA) is 335 Å². The molecule has 0 bridgehead atoms. The summed E-state index contributed by atoms with van der Waals surface area (Å²) >= 11 is 0. The fourth-order valence-electron chi connectivity index (χ4n) is 15.5. The van der Waals surface area contributed by atoms with Gasteiger partial charge in [0.2, 0.25) is 0 Å². The van der Waals surface area contributed by atoms with Gasteiger partial charge in [-0.3, -0.25) is 0 Å². The van der Waals surface area contributed by atoms with Crippen molar-refractivity contribution in [3.05, 3.63) is 11.6 Å². The minimum atomic E-state index is -2.00. The van der Waals surface area contributed by atoms with Gasteiger partial charge in [-0.2, -0.15) is 0 Å². The molecule has 3 saturated carbocycles. The average Bonchev–Trinajstić information content (AvgIpc) is 3.82. The molecule has 0 aromatic carbocycles. The molecule has 10 rings (SSSR count). The zero-order valence-corrected chi connectivity index (χ0v) is 42.4. The van der Waals surface area contributed by atoms with Gasteiger partial charge in [-0.1, -0.05) is 39.3 Å². The van der Waals surface area contributed by atoms with Crippen molar-refractivity contribution in [3.63, 3.8) is 0 Å². The van der Waals surface area contributed by atoms with Gasteiger partial charge >= 0.3 is 0 Å². The van der Waals surface area contributed by atoms with E-state index >= 15 is 0 Å². The molecule has 6 heterocycles. The Hall–Kier alpha value is -1.14. The van der Waals surface area contributed by atoms with Gasteiger partial charge in [-0.25, -0.2) is 0 Å². The summed E-state index contributed by atoms with van der Waals surface area (Å²) in [6.07, 6.45) is -23.0. The molecule has 6 saturated heterocycles. The van der Waals surface area contributed by atoms with Crippen molar-refractivity contribution >= 4 is 0 Å². The second kappa shape index (κ2) is 21.2. The van der Waals surface area contributed by atoms with Crippen LogP contribution in [-0.4, -0.2) is 229 Å². The largest absolute Gasteiger partial charge is 0.394 e. The van der Waals surface area contributed by atoms with E-state index in [1.807, 2.05) is 0 Å². The zero-order chi connectivity index (χ0) is 52.2. The van der Waals surface area contributed by atoms with Crippen LogP contribution in [0.1, 0.15) is 92.4 Å². The summed E-state index contributed by atoms with van der Waals surface area (Å²) in [4.78, 5) is 0. The van der Waals surface area contributed by atoms with Crippen LogP contribution in [0, 0.1) is 46.3 Å². The number of fused-ring (bicyclic) bond motifs is 7. The molecule has 0 amide bonds. The second-order valence-corrected chi connectivity index (χ2v) is 23.9. The van der Waals surface area contributed by atoms with Crippen LogP contribution in [0.4, 0.5) is 0 Å². The molecule has 4 aliphatic carbocycles. The first-order valence-corrected chi connectivity index (χ1v) is 26.9. The molecule has 0 aromatic heterocycles. The Morgan fingerprint density at radius 1 is 0.575 bits per heavy atom. The van der Waals surface area contributed by atoms with Crippen molar-refractivity contribution in [2.45, 2.75) is 233 Å². The molecule has 22 nitrogen and oxygen atoms in total. The molecule has 73 heavy (non-hydrogen) atoms. The highest BCUT2D eigenvalue weighted by Crippen LogP contribution is 2.71. The van der Waals surface area contributed by atoms with Crippen LogP contribution in [-0.2, 0) is 47.4 Å². The van der Waals surface area contributed by atoms with Gasteiger partial charge in [0, 0.05) is 12.3 Å². The first-order chi connectivity index (χ1) is 34.7. The highest BCUT2D eigenvalue weighted by atomic mass is 16.8. The smallest absolute Gasteiger partial charge is 0.187 e. The molecule has 0 aromatic rings. The lowest BCUT2D eigenvalue weighted by molar-refractivity contribution is -0.396. The van der Waals surface area contributed by atoms with Crippen molar-refractivity contribution < 1.29 is 109 Å². The Kier molecular flexibility index (Phi) is 16.0. The summed E-state index contributed by atoms with van der Waals surface area (Å²) in [5.74, 6) is 2.32. The van der Waals surface area contributed by atoms with Crippen molar-refractivity contribution in [3.8, 4) is 0 Å². The number of aliphatic hydroxyl groups is 12. The molecule has 6 aliphatic heterocycles. The monoisotopic (exact) mass is 1050 g/mol. The molecule has 0 radical (unpaired) electrons. The summed E-state index contributed by atoms with van der Waals surface area (Å²) in [6, 6.07) is 0. The third-order valence-corrected chi connectivity index (χ3v) is 19.8. The summed E-state index contributed by atoms with van der Waals surface area (Å²) in [5, 5.41) is 130. The van der Waals surface area contributed by atoms with Crippen molar-refractivity contribution in [1.29, 1.82) is 0 Å². The van der Waals surface area contributed by atoms with E-state index in [0.29, 0.717) is 48.3 Å². The fourth-order valence-corrected chi connectivity index (χ4v) is 15.5. The average molecular weight is 1050 g/mol. The molecular formula is C51H82O22. The molecule has 9 fully saturated rings. The maximum Gasteiger partial charge on any atom is 0.187 e. The molecular weight excluding hydrogens is 965 g/mol. The SMILES string of the molecule is C[C@H]1CC[C@@]2(OC1)OC1CC3C4CC=C5C[C@@H](O[C@@H]6O[C@H](CO)[C@@H](O[C@@H]7O[C@H](CO)[C@@H](O)[C@H](O[C@@H]8O[C@H](CO)[C@@H](O)[C@H](O)[C@H]8O)[C@H]7O)[C@H](O)[C@H]6O[C@@H]6O[C@@H](C)[C@H](O)[C@@H](O)[C@H]6O)CC[C@]5(C)C4CC[C@]3(C)C1[C@@H]2C. The van der Waals surface area contributed by atoms with E-state index in [2.05, 4.69) is 33.8 Å². The number of ether oxygens (including phenoxy) is 10. The third kappa shape index (κ3) is 9.42. The minimum Gasteiger partial charge on any atom is -0.394 e. The number of hydrogen-bond donors (Lipinski definition) is 12. The van der Waals surface area contributed by atoms with Crippen molar-refractivity contribution in [2.24, 2.45) is 46.3 Å². The van der Waals surface area contributed by atoms with Crippen molar-refractivity contribution in [1.82, 2.24) is 0 Å². The van der Waals surface area contributed by atoms with Gasteiger partial charge < -0.3 is 109 Å². The minimum absolute atomic E-state index is 0.0914. The van der Waals surface area contributed by atoms with E-state index < -0.39 is 155 Å². The quantitative estimate of drug-likeness (QED) is 0.1000. The lowest BCUT2D eigenvalue weighted by Gasteiger charge is -2.59. The summed E-state index contributed by atoms with van der Waals surface area (Å²) in [5.41, 5.74) is 1.35. The summed E-state index contributed by atoms with van der Waals surface area (Å²) in [7, 11) is 0. The van der Waals surface area contributed by atoms with Gasteiger partial charge in [0.25, 0.3) is 0 Å². The molecule has 5 unspecified atom stereocenters. The van der Waals surface area contributed by atoms with Crippen LogP contribution in [0.2, 0.25) is 0 Å². The zero-order valence-electron chi connectivity index (χ0n) is 42.4. The Morgan fingerprint density at radius 3 is 1.86 bits per heavy atom. The maximum atomic E-state index is 12.3. The van der Waals surface area contributed by atoms with E-state index in [9.17, 15) is 61.3 Å². The molecule has 418 valence electrons. The van der Waals surface area contributed by atoms with Crippen LogP contribution in [0.15, 0.2) is 11.6 Å². The fraction of sp³-hybridized carbons (Fsp3) is 0.961. The van der Waals surface area contributed by atoms with E-state index in [1.54, 1.807) is 0 Å². The highest BCUT2D eigenvalue weighted by Gasteiger charge is 2.69. The molecule has 10 aliphatic rings. The molecule has 12 N–H and O–H groups in total. The summed E-state index contributed by atoms with van der Waals surface area (Å²) < 4.78 is 61.8. The van der Waals surface area contributed by atoms with Gasteiger partial charge in [-0.05, 0) is 98.7 Å². The van der Waals surface area contributed by atoms with Crippen LogP contribution < -0.4 is 0 Å². The lowest BCUT2D eigenvalue weighted by Crippen LogP contribution is -2.68. The normalized spacial score (nSPS) is 57.1. The van der Waals surface area contributed by atoms with E-state index in [1.165, 1.54) is 12.5 Å². The van der Waals surface area contributed by atoms with Crippen LogP contribution in [0.3, 0.4) is 0 Å². The number of aliphatic hydroxyl groups excluding tert-OH is 12. The third-order valence-electron chi connectivity index (χ3n) is 19.8. The van der Waals surface area contributed by atoms with Crippen molar-refractivity contribution in [2.75, 3.05) is 26.4 Å². The predicted octanol–water partition coefficient (Wildman–Crippen LogP) is -1.96. The molecule has 22 heteroatoms. The Morgan fingerprint density at radius 2 is 1.19 bits per heavy atom. The standard InChI is InChI=1S/C51H82O22/c1-20-8-13-51(64-19-20)21(2)32-28(73-51)15-27-25-7-6-23-14-24(9-11-49(23,4)26(25)10-12-50(27,32)5)66-48-44(72-45-38(60)36(58)33(55)22(3)65-45)40(62)42(31(18-54)69-48)70-47-41(63)43(35(57)30(17-53)68-47)71-46-39(61)37(59)34(56)29(16-52)67-46/h6,20-22,24-48,52-63H,7-19H2,1-5H3/t20-,21-,22-,24-,25?,26?,27?,28?,29+,30+,31+,32?,33-,34+,35+,36+,37-,38+,39+,40-,41+,42+,43-,44+,45-,46-,47-,48+,49-,50-,51+/m0/s1. The van der Waals surface area contributed by atoms with Crippen LogP contribution >= 0.6 is 0 Å². The number of rotatable bonds is 11. The number of allylic oxidation sites excluding steroid dienone is 1. The van der Waals surface area contributed by atoms with E-state index in [-0.39, 0.29) is 16.9 Å². The molecule has 1 spiro atoms. The molecule has 31 atom stereocenters. The first-order valence-electron chi connectivity index (χ1n) is 26.9. The number of hydrogen-bond acceptors (Lipinski definition) is 22. The highest BCUT2D eigenvalue weighted by molar-refractivity contribution is 5.26.